The van der Waals surface area contributed by atoms with Crippen LogP contribution in [-0.4, -0.2) is 0 Å². The van der Waals surface area contributed by atoms with Gasteiger partial charge in [-0.25, -0.2) is 0 Å². The molecular weight excluding hydrogens is 113 g/mol. The van der Waals surface area contributed by atoms with Crippen LogP contribution in [0.4, 0.5) is 0 Å². The van der Waals surface area contributed by atoms with Crippen molar-refractivity contribution in [3.8, 4) is 0 Å². The molecule has 0 fully saturated rings. The van der Waals surface area contributed by atoms with Gasteiger partial charge in [0, 0.05) is 19.5 Å². The normalized spacial score (nSPS) is 5.00. The summed E-state index contributed by atoms with van der Waals surface area (Å²) in [7, 11) is 0. The predicted molar refractivity (Wildman–Crippen MR) is 20.2 cm³/mol. The second kappa shape index (κ2) is 8.84. The minimum atomic E-state index is 0. The van der Waals surface area contributed by atoms with Crippen molar-refractivity contribution in [2.24, 2.45) is 0 Å². The van der Waals surface area contributed by atoms with E-state index in [0.717, 1.165) is 6.42 Å². The summed E-state index contributed by atoms with van der Waals surface area (Å²) in [5.41, 5.74) is 0. The molecule has 1 heteroatoms. The summed E-state index contributed by atoms with van der Waals surface area (Å²) >= 11 is 0. The SMILES string of the molecule is [CH2]CC=C.[Zn]. The van der Waals surface area contributed by atoms with Gasteiger partial charge in [0.15, 0.2) is 0 Å². The predicted octanol–water partition coefficient (Wildman–Crippen LogP) is 1.39. The van der Waals surface area contributed by atoms with Gasteiger partial charge in [0.25, 0.3) is 0 Å². The Morgan fingerprint density at radius 1 is 1.60 bits per heavy atom. The summed E-state index contributed by atoms with van der Waals surface area (Å²) in [5.74, 6) is 0. The maximum atomic E-state index is 3.49. The van der Waals surface area contributed by atoms with Gasteiger partial charge in [-0.05, 0) is 13.3 Å². The summed E-state index contributed by atoms with van der Waals surface area (Å²) in [4.78, 5) is 0. The average Bonchev–Trinajstić information content (AvgIpc) is 1.37. The number of allylic oxidation sites excluding steroid dienone is 1. The molecule has 0 aliphatic carbocycles. The van der Waals surface area contributed by atoms with Crippen molar-refractivity contribution in [3.63, 3.8) is 0 Å². The van der Waals surface area contributed by atoms with E-state index in [4.69, 9.17) is 0 Å². The molecule has 0 unspecified atom stereocenters. The second-order valence-electron chi connectivity index (χ2n) is 0.577. The first-order valence-electron chi connectivity index (χ1n) is 1.32. The summed E-state index contributed by atoms with van der Waals surface area (Å²) in [5, 5.41) is 0. The van der Waals surface area contributed by atoms with Crippen molar-refractivity contribution in [1.29, 1.82) is 0 Å². The Morgan fingerprint density at radius 3 is 1.80 bits per heavy atom. The molecule has 0 bridgehead atoms. The maximum absolute atomic E-state index is 3.49. The maximum Gasteiger partial charge on any atom is 0 e. The van der Waals surface area contributed by atoms with Gasteiger partial charge in [-0.3, -0.25) is 0 Å². The van der Waals surface area contributed by atoms with Gasteiger partial charge in [-0.1, -0.05) is 6.08 Å². The average molecular weight is 120 g/mol. The van der Waals surface area contributed by atoms with E-state index in [1.165, 1.54) is 0 Å². The van der Waals surface area contributed by atoms with Crippen LogP contribution < -0.4 is 0 Å². The Bertz CT molecular complexity index is 17.6. The molecule has 0 saturated heterocycles. The first-order chi connectivity index (χ1) is 1.91. The molecule has 0 aliphatic rings. The standard InChI is InChI=1S/C4H7.Zn/c1-3-4-2;/h3H,1-2,4H2;. The van der Waals surface area contributed by atoms with Gasteiger partial charge in [0.1, 0.15) is 0 Å². The Hall–Kier alpha value is 0.363. The summed E-state index contributed by atoms with van der Waals surface area (Å²) in [6.07, 6.45) is 2.60. The van der Waals surface area contributed by atoms with Crippen LogP contribution in [0.2, 0.25) is 0 Å². The van der Waals surface area contributed by atoms with E-state index >= 15 is 0 Å². The van der Waals surface area contributed by atoms with Crippen LogP contribution in [0.25, 0.3) is 0 Å². The quantitative estimate of drug-likeness (QED) is 0.362. The van der Waals surface area contributed by atoms with Gasteiger partial charge < -0.3 is 0 Å². The minimum absolute atomic E-state index is 0. The molecule has 0 aliphatic heterocycles. The van der Waals surface area contributed by atoms with Crippen LogP contribution in [0, 0.1) is 6.92 Å². The summed E-state index contributed by atoms with van der Waals surface area (Å²) < 4.78 is 0. The number of rotatable bonds is 1. The molecule has 0 heterocycles. The fourth-order valence-electron chi connectivity index (χ4n) is 0. The topological polar surface area (TPSA) is 0 Å². The van der Waals surface area contributed by atoms with Crippen LogP contribution >= 0.6 is 0 Å². The Morgan fingerprint density at radius 2 is 1.80 bits per heavy atom. The van der Waals surface area contributed by atoms with E-state index in [0.29, 0.717) is 0 Å². The van der Waals surface area contributed by atoms with Crippen molar-refractivity contribution in [3.05, 3.63) is 19.6 Å². The number of hydrogen-bond acceptors (Lipinski definition) is 0. The molecule has 0 aromatic heterocycles. The minimum Gasteiger partial charge on any atom is -0.103 e. The molecule has 0 spiro atoms. The van der Waals surface area contributed by atoms with Gasteiger partial charge in [-0.2, -0.15) is 0 Å². The molecular formula is C4H7Zn. The molecule has 0 rings (SSSR count). The van der Waals surface area contributed by atoms with E-state index in [9.17, 15) is 0 Å². The monoisotopic (exact) mass is 119 g/mol. The largest absolute Gasteiger partial charge is 0.103 e. The summed E-state index contributed by atoms with van der Waals surface area (Å²) in [6.45, 7) is 6.90. The van der Waals surface area contributed by atoms with Crippen molar-refractivity contribution >= 4 is 0 Å². The van der Waals surface area contributed by atoms with Crippen molar-refractivity contribution in [1.82, 2.24) is 0 Å². The van der Waals surface area contributed by atoms with Crippen LogP contribution in [0.5, 0.6) is 0 Å². The van der Waals surface area contributed by atoms with E-state index in [1.54, 1.807) is 6.08 Å². The van der Waals surface area contributed by atoms with Crippen LogP contribution in [0.15, 0.2) is 12.7 Å². The first kappa shape index (κ1) is 9.03. The molecule has 25 valence electrons. The fourth-order valence-corrected chi connectivity index (χ4v) is 0. The van der Waals surface area contributed by atoms with Crippen LogP contribution in [0.3, 0.4) is 0 Å². The first-order valence-corrected chi connectivity index (χ1v) is 1.32. The third kappa shape index (κ3) is 13.1. The van der Waals surface area contributed by atoms with Crippen LogP contribution in [0.1, 0.15) is 6.42 Å². The number of hydrogen-bond donors (Lipinski definition) is 0. The second-order valence-corrected chi connectivity index (χ2v) is 0.577. The Labute approximate surface area is 46.0 Å². The van der Waals surface area contributed by atoms with E-state index in [-0.39, 0.29) is 19.5 Å². The molecule has 0 atom stereocenters. The molecule has 0 nitrogen and oxygen atoms in total. The zero-order valence-corrected chi connectivity index (χ0v) is 6.37. The van der Waals surface area contributed by atoms with E-state index in [2.05, 4.69) is 13.5 Å². The zero-order chi connectivity index (χ0) is 3.41. The zero-order valence-electron chi connectivity index (χ0n) is 3.41. The van der Waals surface area contributed by atoms with Crippen LogP contribution in [-0.2, 0) is 19.5 Å². The molecule has 0 N–H and O–H groups in total. The third-order valence-corrected chi connectivity index (χ3v) is 0.204. The van der Waals surface area contributed by atoms with Gasteiger partial charge in [0.05, 0.1) is 0 Å². The van der Waals surface area contributed by atoms with Gasteiger partial charge >= 0.3 is 0 Å². The van der Waals surface area contributed by atoms with Crippen molar-refractivity contribution in [2.75, 3.05) is 0 Å². The molecule has 0 aromatic carbocycles. The third-order valence-electron chi connectivity index (χ3n) is 0.204. The smallest absolute Gasteiger partial charge is 0 e. The molecule has 5 heavy (non-hydrogen) atoms. The van der Waals surface area contributed by atoms with E-state index < -0.39 is 0 Å². The molecule has 0 aromatic rings. The van der Waals surface area contributed by atoms with Crippen molar-refractivity contribution < 1.29 is 19.5 Å². The molecule has 1 radical (unpaired) electrons. The molecule has 0 amide bonds. The van der Waals surface area contributed by atoms with E-state index in [1.807, 2.05) is 0 Å². The molecule has 0 saturated carbocycles. The fraction of sp³-hybridized carbons (Fsp3) is 0.250. The van der Waals surface area contributed by atoms with Crippen molar-refractivity contribution in [2.45, 2.75) is 6.42 Å². The Kier molecular flexibility index (Phi) is 16.0. The Balaban J connectivity index is 0. The van der Waals surface area contributed by atoms with Gasteiger partial charge in [0.2, 0.25) is 0 Å². The van der Waals surface area contributed by atoms with Gasteiger partial charge in [-0.15, -0.1) is 6.58 Å². The summed E-state index contributed by atoms with van der Waals surface area (Å²) in [6, 6.07) is 0.